The van der Waals surface area contributed by atoms with Crippen LogP contribution in [0.25, 0.3) is 0 Å². The van der Waals surface area contributed by atoms with Crippen LogP contribution in [0.1, 0.15) is 90.9 Å². The molecule has 2 aliphatic rings. The van der Waals surface area contributed by atoms with Gasteiger partial charge in [0.1, 0.15) is 48.8 Å². The molecule has 2 saturated heterocycles. The zero-order valence-corrected chi connectivity index (χ0v) is 30.8. The van der Waals surface area contributed by atoms with Crippen LogP contribution in [-0.2, 0) is 23.7 Å². The Bertz CT molecular complexity index is 1070. The number of nitrogens with one attached hydrogen (secondary N) is 1. The number of unbranched alkanes of at least 4 members (excludes halogenated alkanes) is 4. The first-order chi connectivity index (χ1) is 25.1. The molecule has 0 aliphatic carbocycles. The van der Waals surface area contributed by atoms with Gasteiger partial charge < -0.3 is 65.1 Å². The number of hydrogen-bond acceptors (Lipinski definition) is 13. The molecule has 0 aromatic carbocycles. The molecule has 0 radical (unpaired) electrons. The summed E-state index contributed by atoms with van der Waals surface area (Å²) < 4.78 is 22.4. The summed E-state index contributed by atoms with van der Waals surface area (Å²) in [6, 6.07) is -0.861. The van der Waals surface area contributed by atoms with Crippen LogP contribution in [0.2, 0.25) is 0 Å². The second kappa shape index (κ2) is 26.7. The maximum atomic E-state index is 12.9. The zero-order chi connectivity index (χ0) is 38.3. The van der Waals surface area contributed by atoms with Gasteiger partial charge in [-0.25, -0.2) is 0 Å². The highest BCUT2D eigenvalue weighted by Crippen LogP contribution is 2.29. The summed E-state index contributed by atoms with van der Waals surface area (Å²) in [6.07, 6.45) is 9.28. The summed E-state index contributed by atoms with van der Waals surface area (Å²) in [5.74, 6) is -0.299. The molecule has 0 aromatic heterocycles. The van der Waals surface area contributed by atoms with Crippen molar-refractivity contribution in [2.75, 3.05) is 19.8 Å². The van der Waals surface area contributed by atoms with Gasteiger partial charge in [-0.1, -0.05) is 94.6 Å². The molecule has 14 heteroatoms. The van der Waals surface area contributed by atoms with E-state index >= 15 is 0 Å². The molecule has 12 unspecified atom stereocenters. The maximum Gasteiger partial charge on any atom is 0.220 e. The molecule has 2 rings (SSSR count). The van der Waals surface area contributed by atoms with Gasteiger partial charge in [0.05, 0.1) is 32.0 Å². The predicted molar refractivity (Wildman–Crippen MR) is 194 cm³/mol. The number of carbonyl (C=O) groups excluding carboxylic acids is 1. The Morgan fingerprint density at radius 1 is 0.712 bits per heavy atom. The van der Waals surface area contributed by atoms with Gasteiger partial charge >= 0.3 is 0 Å². The quantitative estimate of drug-likeness (QED) is 0.0477. The van der Waals surface area contributed by atoms with Crippen molar-refractivity contribution in [3.63, 3.8) is 0 Å². The molecule has 9 N–H and O–H groups in total. The highest BCUT2D eigenvalue weighted by atomic mass is 16.7. The number of ether oxygens (including phenoxy) is 4. The monoisotopic (exact) mass is 743 g/mol. The number of aliphatic hydroxyl groups excluding tert-OH is 8. The van der Waals surface area contributed by atoms with Crippen LogP contribution >= 0.6 is 0 Å². The molecule has 300 valence electrons. The molecule has 0 bridgehead atoms. The molecule has 2 heterocycles. The summed E-state index contributed by atoms with van der Waals surface area (Å²) in [4.78, 5) is 12.9. The Hall–Kier alpha value is -2.05. The van der Waals surface area contributed by atoms with E-state index in [0.29, 0.717) is 12.8 Å². The van der Waals surface area contributed by atoms with E-state index in [1.807, 2.05) is 12.2 Å². The third-order valence-electron chi connectivity index (χ3n) is 9.07. The van der Waals surface area contributed by atoms with Gasteiger partial charge in [-0.3, -0.25) is 4.79 Å². The molecule has 2 aliphatic heterocycles. The average Bonchev–Trinajstić information content (AvgIpc) is 3.14. The summed E-state index contributed by atoms with van der Waals surface area (Å²) in [6.45, 7) is 2.51. The van der Waals surface area contributed by atoms with Gasteiger partial charge in [0.25, 0.3) is 0 Å². The number of carbonyl (C=O) groups is 1. The minimum Gasteiger partial charge on any atom is -0.394 e. The summed E-state index contributed by atoms with van der Waals surface area (Å²) in [5, 5.41) is 85.7. The average molecular weight is 744 g/mol. The van der Waals surface area contributed by atoms with Crippen LogP contribution in [0.5, 0.6) is 0 Å². The van der Waals surface area contributed by atoms with E-state index in [9.17, 15) is 45.6 Å². The first kappa shape index (κ1) is 46.1. The van der Waals surface area contributed by atoms with Crippen molar-refractivity contribution < 1.29 is 64.6 Å². The van der Waals surface area contributed by atoms with E-state index in [2.05, 4.69) is 55.6 Å². The van der Waals surface area contributed by atoms with Gasteiger partial charge in [-0.15, -0.1) is 0 Å². The second-order valence-corrected chi connectivity index (χ2v) is 13.3. The minimum absolute atomic E-state index is 0.179. The number of hydrogen-bond donors (Lipinski definition) is 9. The number of aliphatic hydroxyl groups is 8. The van der Waals surface area contributed by atoms with Crippen molar-refractivity contribution >= 4 is 5.91 Å². The van der Waals surface area contributed by atoms with Crippen LogP contribution < -0.4 is 5.32 Å². The number of rotatable bonds is 25. The van der Waals surface area contributed by atoms with E-state index < -0.39 is 86.8 Å². The normalized spacial score (nSPS) is 31.3. The van der Waals surface area contributed by atoms with E-state index in [1.165, 1.54) is 0 Å². The van der Waals surface area contributed by atoms with Crippen LogP contribution in [0, 0.1) is 0 Å². The molecule has 0 saturated carbocycles. The zero-order valence-electron chi connectivity index (χ0n) is 30.8. The van der Waals surface area contributed by atoms with Crippen molar-refractivity contribution in [1.29, 1.82) is 0 Å². The van der Waals surface area contributed by atoms with Gasteiger partial charge in [0.15, 0.2) is 12.6 Å². The molecular formula is C38H65NO13. The third-order valence-corrected chi connectivity index (χ3v) is 9.07. The van der Waals surface area contributed by atoms with E-state index in [-0.39, 0.29) is 18.9 Å². The molecule has 1 amide bonds. The van der Waals surface area contributed by atoms with E-state index in [4.69, 9.17) is 18.9 Å². The van der Waals surface area contributed by atoms with Crippen LogP contribution in [0.4, 0.5) is 0 Å². The predicted octanol–water partition coefficient (Wildman–Crippen LogP) is 1.42. The van der Waals surface area contributed by atoms with Gasteiger partial charge in [-0.2, -0.15) is 0 Å². The number of allylic oxidation sites excluding steroid dienone is 8. The topological polar surface area (TPSA) is 228 Å². The molecule has 12 atom stereocenters. The van der Waals surface area contributed by atoms with E-state index in [1.54, 1.807) is 0 Å². The highest BCUT2D eigenvalue weighted by molar-refractivity contribution is 5.76. The first-order valence-electron chi connectivity index (χ1n) is 18.9. The van der Waals surface area contributed by atoms with Crippen molar-refractivity contribution in [1.82, 2.24) is 5.32 Å². The fourth-order valence-electron chi connectivity index (χ4n) is 5.89. The van der Waals surface area contributed by atoms with Gasteiger partial charge in [0.2, 0.25) is 5.91 Å². The van der Waals surface area contributed by atoms with Crippen molar-refractivity contribution in [3.8, 4) is 0 Å². The summed E-state index contributed by atoms with van der Waals surface area (Å²) >= 11 is 0. The second-order valence-electron chi connectivity index (χ2n) is 13.3. The Kier molecular flexibility index (Phi) is 23.7. The fraction of sp³-hybridized carbons (Fsp3) is 0.763. The largest absolute Gasteiger partial charge is 0.394 e. The summed E-state index contributed by atoms with van der Waals surface area (Å²) in [5.41, 5.74) is 0. The maximum absolute atomic E-state index is 12.9. The Balaban J connectivity index is 1.95. The highest BCUT2D eigenvalue weighted by Gasteiger charge is 2.50. The molecule has 52 heavy (non-hydrogen) atoms. The SMILES string of the molecule is CC/C=C\C/C=C\C/C=C\C/C=C\CCC(=O)NC(COC1OC(CO)C(OC2OC(CO)C(O)C(O)C2O)C(O)C1O)C(O)CCCCCCC. The van der Waals surface area contributed by atoms with Gasteiger partial charge in [-0.05, 0) is 38.5 Å². The van der Waals surface area contributed by atoms with E-state index in [0.717, 1.165) is 57.8 Å². The Morgan fingerprint density at radius 2 is 1.29 bits per heavy atom. The number of amides is 1. The smallest absolute Gasteiger partial charge is 0.220 e. The van der Waals surface area contributed by atoms with Crippen molar-refractivity contribution in [3.05, 3.63) is 48.6 Å². The lowest BCUT2D eigenvalue weighted by atomic mass is 9.97. The Morgan fingerprint density at radius 3 is 1.90 bits per heavy atom. The van der Waals surface area contributed by atoms with Crippen LogP contribution in [-0.4, -0.2) is 140 Å². The summed E-state index contributed by atoms with van der Waals surface area (Å²) in [7, 11) is 0. The molecular weight excluding hydrogens is 678 g/mol. The van der Waals surface area contributed by atoms with Crippen molar-refractivity contribution in [2.24, 2.45) is 0 Å². The fourth-order valence-corrected chi connectivity index (χ4v) is 5.89. The lowest BCUT2D eigenvalue weighted by Gasteiger charge is -2.46. The van der Waals surface area contributed by atoms with Crippen LogP contribution in [0.3, 0.4) is 0 Å². The molecule has 0 spiro atoms. The van der Waals surface area contributed by atoms with Gasteiger partial charge in [0, 0.05) is 6.42 Å². The lowest BCUT2D eigenvalue weighted by Crippen LogP contribution is -2.65. The molecule has 0 aromatic rings. The lowest BCUT2D eigenvalue weighted by molar-refractivity contribution is -0.359. The van der Waals surface area contributed by atoms with Crippen LogP contribution in [0.15, 0.2) is 48.6 Å². The molecule has 2 fully saturated rings. The first-order valence-corrected chi connectivity index (χ1v) is 18.9. The Labute approximate surface area is 308 Å². The standard InChI is InChI=1S/C38H65NO13/c1-3-5-7-9-10-11-12-13-14-15-16-18-20-22-30(43)39-26(27(42)21-19-17-8-6-4-2)25-49-37-35(48)33(46)36(29(24-41)51-37)52-38-34(47)32(45)31(44)28(23-40)50-38/h5,7,10-11,13-14,16,18,26-29,31-38,40-42,44-48H,3-4,6,8-9,12,15,17,19-25H2,1-2H3,(H,39,43)/b7-5-,11-10-,14-13-,18-16-. The minimum atomic E-state index is -1.79. The third kappa shape index (κ3) is 16.1. The molecule has 14 nitrogen and oxygen atoms in total. The van der Waals surface area contributed by atoms with Crippen molar-refractivity contribution in [2.45, 2.75) is 164 Å².